The van der Waals surface area contributed by atoms with Gasteiger partial charge in [-0.3, -0.25) is 0 Å². The van der Waals surface area contributed by atoms with Crippen LogP contribution in [0.4, 0.5) is 0 Å². The number of hydrogen-bond acceptors (Lipinski definition) is 3. The first kappa shape index (κ1) is 11.9. The lowest BCUT2D eigenvalue weighted by molar-refractivity contribution is 0.0749. The third-order valence-corrected chi connectivity index (χ3v) is 4.86. The van der Waals surface area contributed by atoms with Crippen molar-refractivity contribution in [1.82, 2.24) is 5.32 Å². The normalized spacial score (nSPS) is 42.9. The molecule has 3 heteroatoms. The zero-order chi connectivity index (χ0) is 11.7. The van der Waals surface area contributed by atoms with Crippen LogP contribution < -0.4 is 11.1 Å². The molecule has 3 N–H and O–H groups in total. The summed E-state index contributed by atoms with van der Waals surface area (Å²) in [5.41, 5.74) is 5.90. The number of rotatable bonds is 4. The van der Waals surface area contributed by atoms with Crippen LogP contribution in [0.2, 0.25) is 0 Å². The van der Waals surface area contributed by atoms with Crippen LogP contribution in [0, 0.1) is 11.8 Å². The smallest absolute Gasteiger partial charge is 0.0757 e. The summed E-state index contributed by atoms with van der Waals surface area (Å²) in [6.07, 6.45) is 9.85. The van der Waals surface area contributed by atoms with E-state index in [0.717, 1.165) is 19.1 Å². The third kappa shape index (κ3) is 2.67. The summed E-state index contributed by atoms with van der Waals surface area (Å²) in [7, 11) is 0. The molecule has 4 atom stereocenters. The van der Waals surface area contributed by atoms with Crippen LogP contribution in [0.3, 0.4) is 0 Å². The van der Waals surface area contributed by atoms with E-state index in [1.165, 1.54) is 44.9 Å². The molecule has 1 saturated heterocycles. The summed E-state index contributed by atoms with van der Waals surface area (Å²) in [5, 5.41) is 3.89. The summed E-state index contributed by atoms with van der Waals surface area (Å²) in [5.74, 6) is 1.55. The van der Waals surface area contributed by atoms with Crippen LogP contribution in [0.15, 0.2) is 0 Å². The molecule has 0 aromatic heterocycles. The maximum atomic E-state index is 5.91. The number of ether oxygens (including phenoxy) is 1. The molecule has 3 fully saturated rings. The summed E-state index contributed by atoms with van der Waals surface area (Å²) < 4.78 is 5.91. The Hall–Kier alpha value is -0.120. The monoisotopic (exact) mass is 238 g/mol. The lowest BCUT2D eigenvalue weighted by atomic mass is 9.83. The van der Waals surface area contributed by atoms with E-state index in [1.54, 1.807) is 0 Å². The van der Waals surface area contributed by atoms with Gasteiger partial charge in [-0.15, -0.1) is 0 Å². The second-order valence-electron chi connectivity index (χ2n) is 6.12. The van der Waals surface area contributed by atoms with Crippen molar-refractivity contribution < 1.29 is 4.74 Å². The van der Waals surface area contributed by atoms with Crippen LogP contribution in [0.5, 0.6) is 0 Å². The van der Waals surface area contributed by atoms with Crippen LogP contribution in [-0.2, 0) is 4.74 Å². The van der Waals surface area contributed by atoms with Gasteiger partial charge >= 0.3 is 0 Å². The molecule has 0 spiro atoms. The molecule has 2 saturated carbocycles. The fourth-order valence-electron chi connectivity index (χ4n) is 3.66. The van der Waals surface area contributed by atoms with Gasteiger partial charge < -0.3 is 15.8 Å². The lowest BCUT2D eigenvalue weighted by Gasteiger charge is -2.35. The van der Waals surface area contributed by atoms with Crippen molar-refractivity contribution in [3.8, 4) is 0 Å². The second kappa shape index (κ2) is 5.25. The van der Waals surface area contributed by atoms with Crippen molar-refractivity contribution in [2.24, 2.45) is 17.6 Å². The van der Waals surface area contributed by atoms with Gasteiger partial charge in [0.05, 0.1) is 6.10 Å². The van der Waals surface area contributed by atoms with Crippen LogP contribution in [-0.4, -0.2) is 31.3 Å². The molecule has 1 aliphatic heterocycles. The molecule has 3 nitrogen and oxygen atoms in total. The van der Waals surface area contributed by atoms with E-state index >= 15 is 0 Å². The minimum absolute atomic E-state index is 0.510. The Morgan fingerprint density at radius 2 is 1.82 bits per heavy atom. The van der Waals surface area contributed by atoms with Gasteiger partial charge in [0, 0.05) is 18.7 Å². The largest absolute Gasteiger partial charge is 0.376 e. The van der Waals surface area contributed by atoms with E-state index in [0.29, 0.717) is 24.1 Å². The third-order valence-electron chi connectivity index (χ3n) is 4.86. The molecule has 0 amide bonds. The second-order valence-corrected chi connectivity index (χ2v) is 6.12. The van der Waals surface area contributed by atoms with Gasteiger partial charge in [-0.25, -0.2) is 0 Å². The van der Waals surface area contributed by atoms with Crippen LogP contribution in [0.25, 0.3) is 0 Å². The SMILES string of the molecule is NCC1CCCCC1NC1CCOC1C1CC1. The summed E-state index contributed by atoms with van der Waals surface area (Å²) in [6.45, 7) is 1.80. The minimum Gasteiger partial charge on any atom is -0.376 e. The summed E-state index contributed by atoms with van der Waals surface area (Å²) in [4.78, 5) is 0. The first-order valence-corrected chi connectivity index (χ1v) is 7.46. The highest BCUT2D eigenvalue weighted by Gasteiger charge is 2.41. The van der Waals surface area contributed by atoms with E-state index in [1.807, 2.05) is 0 Å². The van der Waals surface area contributed by atoms with E-state index in [-0.39, 0.29) is 0 Å². The highest BCUT2D eigenvalue weighted by molar-refractivity contribution is 4.96. The maximum absolute atomic E-state index is 5.91. The summed E-state index contributed by atoms with van der Waals surface area (Å²) >= 11 is 0. The molecule has 0 radical (unpaired) electrons. The highest BCUT2D eigenvalue weighted by Crippen LogP contribution is 2.39. The Balaban J connectivity index is 1.56. The molecule has 3 aliphatic rings. The van der Waals surface area contributed by atoms with E-state index in [9.17, 15) is 0 Å². The Bertz CT molecular complexity index is 255. The predicted molar refractivity (Wildman–Crippen MR) is 68.8 cm³/mol. The van der Waals surface area contributed by atoms with E-state index in [2.05, 4.69) is 5.32 Å². The van der Waals surface area contributed by atoms with Crippen molar-refractivity contribution in [3.05, 3.63) is 0 Å². The van der Waals surface area contributed by atoms with Crippen molar-refractivity contribution in [2.75, 3.05) is 13.2 Å². The van der Waals surface area contributed by atoms with Gasteiger partial charge in [-0.1, -0.05) is 12.8 Å². The molecule has 3 rings (SSSR count). The van der Waals surface area contributed by atoms with Gasteiger partial charge in [-0.2, -0.15) is 0 Å². The molecule has 2 aliphatic carbocycles. The molecule has 0 aromatic carbocycles. The molecule has 98 valence electrons. The molecular formula is C14H26N2O. The average molecular weight is 238 g/mol. The molecule has 0 bridgehead atoms. The predicted octanol–water partition coefficient (Wildman–Crippen LogP) is 1.66. The minimum atomic E-state index is 0.510. The molecule has 1 heterocycles. The topological polar surface area (TPSA) is 47.3 Å². The van der Waals surface area contributed by atoms with Crippen molar-refractivity contribution >= 4 is 0 Å². The van der Waals surface area contributed by atoms with Gasteiger partial charge in [0.1, 0.15) is 0 Å². The Morgan fingerprint density at radius 3 is 2.59 bits per heavy atom. The van der Waals surface area contributed by atoms with Crippen molar-refractivity contribution in [2.45, 2.75) is 63.1 Å². The molecule has 17 heavy (non-hydrogen) atoms. The standard InChI is InChI=1S/C14H26N2O/c15-9-11-3-1-2-4-12(11)16-13-7-8-17-14(13)10-5-6-10/h10-14,16H,1-9,15H2. The highest BCUT2D eigenvalue weighted by atomic mass is 16.5. The molecular weight excluding hydrogens is 212 g/mol. The zero-order valence-corrected chi connectivity index (χ0v) is 10.7. The fraction of sp³-hybridized carbons (Fsp3) is 1.00. The Labute approximate surface area is 104 Å². The first-order valence-electron chi connectivity index (χ1n) is 7.46. The fourth-order valence-corrected chi connectivity index (χ4v) is 3.66. The van der Waals surface area contributed by atoms with Gasteiger partial charge in [0.2, 0.25) is 0 Å². The zero-order valence-electron chi connectivity index (χ0n) is 10.7. The van der Waals surface area contributed by atoms with Crippen molar-refractivity contribution in [1.29, 1.82) is 0 Å². The Morgan fingerprint density at radius 1 is 1.00 bits per heavy atom. The van der Waals surface area contributed by atoms with Gasteiger partial charge in [0.25, 0.3) is 0 Å². The first-order chi connectivity index (χ1) is 8.38. The Kier molecular flexibility index (Phi) is 3.69. The number of nitrogens with two attached hydrogens (primary N) is 1. The summed E-state index contributed by atoms with van der Waals surface area (Å²) in [6, 6.07) is 1.27. The van der Waals surface area contributed by atoms with Crippen LogP contribution in [0.1, 0.15) is 44.9 Å². The van der Waals surface area contributed by atoms with E-state index < -0.39 is 0 Å². The van der Waals surface area contributed by atoms with E-state index in [4.69, 9.17) is 10.5 Å². The molecule has 4 unspecified atom stereocenters. The average Bonchev–Trinajstić information content (AvgIpc) is 3.11. The quantitative estimate of drug-likeness (QED) is 0.783. The molecule has 0 aromatic rings. The van der Waals surface area contributed by atoms with Crippen molar-refractivity contribution in [3.63, 3.8) is 0 Å². The number of hydrogen-bond donors (Lipinski definition) is 2. The van der Waals surface area contributed by atoms with Gasteiger partial charge in [-0.05, 0) is 50.5 Å². The van der Waals surface area contributed by atoms with Gasteiger partial charge in [0.15, 0.2) is 0 Å². The lowest BCUT2D eigenvalue weighted by Crippen LogP contribution is -2.49. The maximum Gasteiger partial charge on any atom is 0.0757 e. The van der Waals surface area contributed by atoms with Crippen LogP contribution >= 0.6 is 0 Å². The number of nitrogens with one attached hydrogen (secondary N) is 1.